The third kappa shape index (κ3) is 52.2. The largest absolute Gasteiger partial charge is 0.469 e. The highest BCUT2D eigenvalue weighted by atomic mass is 16.5. The average Bonchev–Trinajstić information content (AvgIpc) is 2.79. The van der Waals surface area contributed by atoms with Gasteiger partial charge in [-0.15, -0.1) is 0 Å². The Labute approximate surface area is 211 Å². The number of hydrogen-bond acceptors (Lipinski definition) is 8. The molecule has 0 heterocycles. The van der Waals surface area contributed by atoms with Crippen molar-refractivity contribution in [3.63, 3.8) is 0 Å². The van der Waals surface area contributed by atoms with Crippen LogP contribution in [-0.2, 0) is 38.1 Å². The fourth-order valence-electron chi connectivity index (χ4n) is 1.25. The molecule has 0 aliphatic rings. The number of esters is 2. The molecular formula is C26H58O8. The van der Waals surface area contributed by atoms with E-state index in [1.807, 2.05) is 27.7 Å². The summed E-state index contributed by atoms with van der Waals surface area (Å²) in [5.41, 5.74) is -0.0873. The second-order valence-electron chi connectivity index (χ2n) is 6.98. The molecule has 0 atom stereocenters. The Morgan fingerprint density at radius 2 is 1.06 bits per heavy atom. The molecule has 0 saturated heterocycles. The monoisotopic (exact) mass is 498 g/mol. The zero-order valence-corrected chi connectivity index (χ0v) is 22.7. The summed E-state index contributed by atoms with van der Waals surface area (Å²) in [4.78, 5) is 41.1. The summed E-state index contributed by atoms with van der Waals surface area (Å²) in [6.07, 6.45) is 3.60. The predicted octanol–water partition coefficient (Wildman–Crippen LogP) is 6.08. The van der Waals surface area contributed by atoms with Gasteiger partial charge in [0.25, 0.3) is 0 Å². The van der Waals surface area contributed by atoms with Crippen molar-refractivity contribution in [1.29, 1.82) is 0 Å². The van der Waals surface area contributed by atoms with Crippen molar-refractivity contribution in [3.8, 4) is 0 Å². The standard InChI is InChI=1S/C9H18O.3C4H8O2.C3H8O.2CH4/c1-5-7-8(10)9(3,4)6-2;1-4(5)3-6-2;2*1-3-4(5)6-2;1-3-4-2;;/h5-7H2,1-4H3;3*3H2,1-2H3;3H2,1-2H3;2*1H4. The van der Waals surface area contributed by atoms with E-state index in [0.29, 0.717) is 18.6 Å². The van der Waals surface area contributed by atoms with Crippen LogP contribution in [0.3, 0.4) is 0 Å². The number of methoxy groups -OCH3 is 4. The van der Waals surface area contributed by atoms with Crippen molar-refractivity contribution in [2.24, 2.45) is 5.41 Å². The van der Waals surface area contributed by atoms with Gasteiger partial charge < -0.3 is 18.9 Å². The maximum atomic E-state index is 11.3. The minimum absolute atomic E-state index is 0. The van der Waals surface area contributed by atoms with Gasteiger partial charge in [-0.3, -0.25) is 19.2 Å². The minimum atomic E-state index is -0.157. The molecule has 8 nitrogen and oxygen atoms in total. The van der Waals surface area contributed by atoms with E-state index in [1.54, 1.807) is 21.0 Å². The number of ketones is 2. The zero-order valence-electron chi connectivity index (χ0n) is 22.7. The molecule has 0 unspecified atom stereocenters. The molecule has 0 aromatic carbocycles. The SMILES string of the molecule is C.C.CCC(=O)OC.CCC(=O)OC.CCCC(=O)C(C)(C)CC.CCOC.COCC(C)=O. The van der Waals surface area contributed by atoms with Crippen molar-refractivity contribution >= 4 is 23.5 Å². The summed E-state index contributed by atoms with van der Waals surface area (Å²) in [5.74, 6) is 0.153. The van der Waals surface area contributed by atoms with Gasteiger partial charge >= 0.3 is 11.9 Å². The van der Waals surface area contributed by atoms with Crippen LogP contribution in [0.4, 0.5) is 0 Å². The Hall–Kier alpha value is -1.80. The summed E-state index contributed by atoms with van der Waals surface area (Å²) >= 11 is 0. The molecule has 0 radical (unpaired) electrons. The molecule has 0 fully saturated rings. The lowest BCUT2D eigenvalue weighted by molar-refractivity contribution is -0.141. The normalized spacial score (nSPS) is 8.47. The van der Waals surface area contributed by atoms with E-state index in [2.05, 4.69) is 25.9 Å². The highest BCUT2D eigenvalue weighted by molar-refractivity contribution is 5.83. The summed E-state index contributed by atoms with van der Waals surface area (Å²) in [5, 5.41) is 0. The first-order valence-electron chi connectivity index (χ1n) is 11.0. The molecule has 0 saturated carbocycles. The first-order chi connectivity index (χ1) is 14.8. The van der Waals surface area contributed by atoms with Crippen LogP contribution in [0.1, 0.15) is 102 Å². The van der Waals surface area contributed by atoms with Crippen LogP contribution in [0.2, 0.25) is 0 Å². The smallest absolute Gasteiger partial charge is 0.305 e. The number of ether oxygens (including phenoxy) is 4. The van der Waals surface area contributed by atoms with E-state index in [0.717, 1.165) is 25.9 Å². The van der Waals surface area contributed by atoms with Crippen LogP contribution in [0.25, 0.3) is 0 Å². The van der Waals surface area contributed by atoms with Gasteiger partial charge in [-0.05, 0) is 26.7 Å². The minimum Gasteiger partial charge on any atom is -0.469 e. The molecule has 0 aromatic rings. The molecule has 0 spiro atoms. The molecule has 0 bridgehead atoms. The molecule has 0 aliphatic carbocycles. The van der Waals surface area contributed by atoms with Crippen LogP contribution in [0, 0.1) is 5.41 Å². The number of rotatable bonds is 9. The van der Waals surface area contributed by atoms with Crippen LogP contribution in [0.5, 0.6) is 0 Å². The Morgan fingerprint density at radius 3 is 1.15 bits per heavy atom. The van der Waals surface area contributed by atoms with Gasteiger partial charge in [0.1, 0.15) is 12.4 Å². The highest BCUT2D eigenvalue weighted by Gasteiger charge is 2.23. The van der Waals surface area contributed by atoms with Gasteiger partial charge in [0.05, 0.1) is 14.2 Å². The van der Waals surface area contributed by atoms with E-state index in [-0.39, 0.29) is 44.6 Å². The summed E-state index contributed by atoms with van der Waals surface area (Å²) in [6.45, 7) is 16.2. The number of hydrogen-bond donors (Lipinski definition) is 0. The lowest BCUT2D eigenvalue weighted by atomic mass is 9.83. The van der Waals surface area contributed by atoms with Gasteiger partial charge in [0, 0.05) is 45.5 Å². The van der Waals surface area contributed by atoms with Crippen LogP contribution in [0.15, 0.2) is 0 Å². The lowest BCUT2D eigenvalue weighted by Crippen LogP contribution is -2.22. The van der Waals surface area contributed by atoms with Crippen LogP contribution >= 0.6 is 0 Å². The summed E-state index contributed by atoms with van der Waals surface area (Å²) < 4.78 is 17.5. The van der Waals surface area contributed by atoms with Crippen molar-refractivity contribution in [1.82, 2.24) is 0 Å². The summed E-state index contributed by atoms with van der Waals surface area (Å²) in [7, 11) is 5.94. The first-order valence-corrected chi connectivity index (χ1v) is 11.0. The van der Waals surface area contributed by atoms with E-state index < -0.39 is 0 Å². The number of carbonyl (C=O) groups excluding carboxylic acids is 4. The van der Waals surface area contributed by atoms with Crippen LogP contribution in [-0.4, -0.2) is 65.2 Å². The predicted molar refractivity (Wildman–Crippen MR) is 142 cm³/mol. The zero-order chi connectivity index (χ0) is 26.6. The van der Waals surface area contributed by atoms with Gasteiger partial charge in [0.2, 0.25) is 0 Å². The number of carbonyl (C=O) groups is 4. The Bertz CT molecular complexity index is 416. The third-order valence-corrected chi connectivity index (χ3v) is 3.78. The molecule has 0 N–H and O–H groups in total. The lowest BCUT2D eigenvalue weighted by Gasteiger charge is -2.19. The Morgan fingerprint density at radius 1 is 0.706 bits per heavy atom. The molecule has 0 aromatic heterocycles. The second-order valence-corrected chi connectivity index (χ2v) is 6.98. The van der Waals surface area contributed by atoms with Gasteiger partial charge in [0.15, 0.2) is 5.78 Å². The maximum absolute atomic E-state index is 11.3. The molecule has 0 aliphatic heterocycles. The van der Waals surface area contributed by atoms with E-state index in [4.69, 9.17) is 0 Å². The van der Waals surface area contributed by atoms with E-state index in [9.17, 15) is 19.2 Å². The van der Waals surface area contributed by atoms with Gasteiger partial charge in [-0.25, -0.2) is 0 Å². The molecule has 34 heavy (non-hydrogen) atoms. The molecule has 8 heteroatoms. The third-order valence-electron chi connectivity index (χ3n) is 3.78. The van der Waals surface area contributed by atoms with Gasteiger partial charge in [-0.2, -0.15) is 0 Å². The number of Topliss-reactive ketones (excluding diaryl/α,β-unsaturated/α-hetero) is 2. The maximum Gasteiger partial charge on any atom is 0.305 e. The van der Waals surface area contributed by atoms with Gasteiger partial charge in [-0.1, -0.05) is 56.4 Å². The Kier molecular flexibility index (Phi) is 55.8. The fourth-order valence-corrected chi connectivity index (χ4v) is 1.25. The van der Waals surface area contributed by atoms with Crippen molar-refractivity contribution in [2.75, 3.05) is 41.7 Å². The molecule has 0 rings (SSSR count). The molecular weight excluding hydrogens is 440 g/mol. The Balaban J connectivity index is -0.0000000546. The molecule has 210 valence electrons. The average molecular weight is 499 g/mol. The second kappa shape index (κ2) is 38.5. The van der Waals surface area contributed by atoms with Crippen LogP contribution < -0.4 is 0 Å². The fraction of sp³-hybridized carbons (Fsp3) is 0.846. The summed E-state index contributed by atoms with van der Waals surface area (Å²) in [6, 6.07) is 0. The molecule has 0 amide bonds. The van der Waals surface area contributed by atoms with Crippen molar-refractivity contribution in [3.05, 3.63) is 0 Å². The first kappa shape index (κ1) is 49.4. The van der Waals surface area contributed by atoms with Crippen molar-refractivity contribution < 1.29 is 38.1 Å². The quantitative estimate of drug-likeness (QED) is 0.352. The van der Waals surface area contributed by atoms with Crippen molar-refractivity contribution in [2.45, 2.75) is 102 Å². The van der Waals surface area contributed by atoms with E-state index in [1.165, 1.54) is 28.3 Å². The van der Waals surface area contributed by atoms with E-state index >= 15 is 0 Å². The topological polar surface area (TPSA) is 105 Å². The highest BCUT2D eigenvalue weighted by Crippen LogP contribution is 2.22.